The van der Waals surface area contributed by atoms with Gasteiger partial charge in [0.1, 0.15) is 17.1 Å². The van der Waals surface area contributed by atoms with E-state index in [4.69, 9.17) is 19.4 Å². The minimum Gasteiger partial charge on any atom is -0.507 e. The van der Waals surface area contributed by atoms with Crippen molar-refractivity contribution in [2.45, 2.75) is 92.4 Å². The van der Waals surface area contributed by atoms with Crippen LogP contribution in [-0.4, -0.2) is 24.6 Å². The summed E-state index contributed by atoms with van der Waals surface area (Å²) in [5, 5.41) is 12.4. The summed E-state index contributed by atoms with van der Waals surface area (Å²) in [5.41, 5.74) is 16.4. The number of phenols is 1. The Labute approximate surface area is 371 Å². The fourth-order valence-electron chi connectivity index (χ4n) is 8.77. The number of aromatic hydroxyl groups is 1. The number of oxazole rings is 1. The molecule has 0 aliphatic carbocycles. The summed E-state index contributed by atoms with van der Waals surface area (Å²) in [6.45, 7) is 24.0. The third kappa shape index (κ3) is 7.52. The third-order valence-corrected chi connectivity index (χ3v) is 12.3. The molecule has 0 atom stereocenters. The van der Waals surface area contributed by atoms with Crippen molar-refractivity contribution in [1.29, 1.82) is 0 Å². The second kappa shape index (κ2) is 15.2. The molecule has 6 aromatic carbocycles. The lowest BCUT2D eigenvalue weighted by molar-refractivity contribution is 0.446. The summed E-state index contributed by atoms with van der Waals surface area (Å²) in [6.07, 6.45) is 1.81. The average Bonchev–Trinajstić information content (AvgIpc) is 3.85. The minimum absolute atomic E-state index is 0.184. The van der Waals surface area contributed by atoms with Crippen LogP contribution >= 0.6 is 0 Å². The Balaban J connectivity index is 1.34. The van der Waals surface area contributed by atoms with Gasteiger partial charge < -0.3 is 9.52 Å². The van der Waals surface area contributed by atoms with Gasteiger partial charge in [-0.2, -0.15) is 0 Å². The summed E-state index contributed by atoms with van der Waals surface area (Å²) in [7, 11) is 0. The first-order valence-electron chi connectivity index (χ1n) is 21.9. The van der Waals surface area contributed by atoms with Crippen LogP contribution < -0.4 is 0 Å². The number of hydrogen-bond donors (Lipinski definition) is 1. The van der Waals surface area contributed by atoms with Crippen LogP contribution in [0.3, 0.4) is 0 Å². The van der Waals surface area contributed by atoms with E-state index in [2.05, 4.69) is 196 Å². The maximum Gasteiger partial charge on any atom is 0.227 e. The van der Waals surface area contributed by atoms with Crippen molar-refractivity contribution in [3.63, 3.8) is 0 Å². The van der Waals surface area contributed by atoms with Crippen LogP contribution in [0.4, 0.5) is 0 Å². The highest BCUT2D eigenvalue weighted by atomic mass is 16.3. The molecule has 9 aromatic rings. The Morgan fingerprint density at radius 1 is 0.540 bits per heavy atom. The van der Waals surface area contributed by atoms with Gasteiger partial charge in [-0.1, -0.05) is 153 Å². The average molecular weight is 829 g/mol. The Hall–Kier alpha value is -6.79. The number of rotatable bonds is 6. The monoisotopic (exact) mass is 828 g/mol. The molecule has 0 radical (unpaired) electrons. The van der Waals surface area contributed by atoms with Crippen molar-refractivity contribution >= 4 is 22.1 Å². The Bertz CT molecular complexity index is 3180. The third-order valence-electron chi connectivity index (χ3n) is 12.3. The van der Waals surface area contributed by atoms with E-state index in [0.717, 1.165) is 89.1 Å². The number of pyridine rings is 1. The molecular weight excluding hydrogens is 773 g/mol. The van der Waals surface area contributed by atoms with Crippen LogP contribution in [-0.2, 0) is 16.2 Å². The number of phenolic OH excluding ortho intramolecular Hbond substituents is 1. The SMILES string of the molecule is Cc1cccc(C)c1-c1nc2c(-c3cc(-c4cccc5c4nc(-c4cc(C(C)(C)C)cc(C(C)(C)C)c4O)n5-c4ccccc4-c4ccccc4)cc(C(C)(C)C)c3)nccc2o1. The normalized spacial score (nSPS) is 12.4. The maximum absolute atomic E-state index is 12.4. The Morgan fingerprint density at radius 2 is 1.17 bits per heavy atom. The van der Waals surface area contributed by atoms with E-state index < -0.39 is 0 Å². The largest absolute Gasteiger partial charge is 0.507 e. The predicted octanol–water partition coefficient (Wildman–Crippen LogP) is 15.1. The van der Waals surface area contributed by atoms with E-state index in [9.17, 15) is 5.11 Å². The van der Waals surface area contributed by atoms with Crippen LogP contribution in [0.15, 0.2) is 138 Å². The Morgan fingerprint density at radius 3 is 1.87 bits per heavy atom. The highest BCUT2D eigenvalue weighted by molar-refractivity contribution is 5.99. The number of hydrogen-bond acceptors (Lipinski definition) is 5. The quantitative estimate of drug-likeness (QED) is 0.181. The van der Waals surface area contributed by atoms with Gasteiger partial charge in [-0.15, -0.1) is 0 Å². The number of imidazole rings is 1. The lowest BCUT2D eigenvalue weighted by atomic mass is 9.79. The molecule has 0 saturated carbocycles. The first kappa shape index (κ1) is 41.6. The first-order valence-corrected chi connectivity index (χ1v) is 21.9. The Kier molecular flexibility index (Phi) is 10.0. The van der Waals surface area contributed by atoms with Gasteiger partial charge in [0.05, 0.1) is 28.0 Å². The van der Waals surface area contributed by atoms with Gasteiger partial charge >= 0.3 is 0 Å². The van der Waals surface area contributed by atoms with Crippen LogP contribution in [0.25, 0.3) is 84.2 Å². The van der Waals surface area contributed by atoms with Gasteiger partial charge in [0.25, 0.3) is 0 Å². The molecular formula is C57H56N4O2. The summed E-state index contributed by atoms with van der Waals surface area (Å²) in [6, 6.07) is 44.6. The van der Waals surface area contributed by atoms with E-state index in [0.29, 0.717) is 22.9 Å². The molecule has 0 spiro atoms. The summed E-state index contributed by atoms with van der Waals surface area (Å²) < 4.78 is 8.72. The molecule has 1 N–H and O–H groups in total. The van der Waals surface area contributed by atoms with Gasteiger partial charge in [0, 0.05) is 40.1 Å². The van der Waals surface area contributed by atoms with E-state index in [-0.39, 0.29) is 22.0 Å². The molecule has 0 aliphatic heterocycles. The zero-order chi connectivity index (χ0) is 44.6. The van der Waals surface area contributed by atoms with Crippen LogP contribution in [0.5, 0.6) is 5.75 Å². The molecule has 3 heterocycles. The van der Waals surface area contributed by atoms with Crippen LogP contribution in [0.2, 0.25) is 0 Å². The van der Waals surface area contributed by atoms with Crippen LogP contribution in [0.1, 0.15) is 90.1 Å². The van der Waals surface area contributed by atoms with E-state index >= 15 is 0 Å². The van der Waals surface area contributed by atoms with E-state index in [1.54, 1.807) is 0 Å². The lowest BCUT2D eigenvalue weighted by Crippen LogP contribution is -2.17. The molecule has 0 fully saturated rings. The fraction of sp³-hybridized carbons (Fsp3) is 0.246. The van der Waals surface area contributed by atoms with Gasteiger partial charge in [-0.05, 0) is 93.8 Å². The van der Waals surface area contributed by atoms with E-state index in [1.165, 1.54) is 0 Å². The van der Waals surface area contributed by atoms with Crippen molar-refractivity contribution in [3.05, 3.63) is 161 Å². The van der Waals surface area contributed by atoms with Crippen molar-refractivity contribution in [2.24, 2.45) is 0 Å². The lowest BCUT2D eigenvalue weighted by Gasteiger charge is -2.27. The molecule has 63 heavy (non-hydrogen) atoms. The van der Waals surface area contributed by atoms with Gasteiger partial charge in [-0.3, -0.25) is 9.55 Å². The maximum atomic E-state index is 12.4. The zero-order valence-corrected chi connectivity index (χ0v) is 38.3. The standard InChI is InChI=1S/C57H56N4O2/c1-34-19-17-20-35(2)48(34)54-60-51-47(63-54)27-28-58-49(51)38-29-37(30-39(31-38)55(3,4)5)42-24-18-26-46-50(42)59-53(43-32-40(56(6,7)8)33-44(52(43)62)57(9,10)11)61(46)45-25-16-15-23-41(45)36-21-13-12-14-22-36/h12-33,62H,1-11H3. The van der Waals surface area contributed by atoms with Crippen molar-refractivity contribution in [1.82, 2.24) is 19.5 Å². The minimum atomic E-state index is -0.325. The summed E-state index contributed by atoms with van der Waals surface area (Å²) >= 11 is 0. The van der Waals surface area contributed by atoms with Gasteiger partial charge in [0.2, 0.25) is 5.89 Å². The second-order valence-electron chi connectivity index (χ2n) is 20.1. The van der Waals surface area contributed by atoms with Crippen LogP contribution in [0, 0.1) is 13.8 Å². The number of para-hydroxylation sites is 2. The van der Waals surface area contributed by atoms with Gasteiger partial charge in [-0.25, -0.2) is 9.97 Å². The first-order chi connectivity index (χ1) is 29.9. The molecule has 316 valence electrons. The number of aryl methyl sites for hydroxylation is 2. The number of nitrogens with zero attached hydrogens (tertiary/aromatic N) is 4. The molecule has 0 aliphatic rings. The second-order valence-corrected chi connectivity index (χ2v) is 20.1. The predicted molar refractivity (Wildman–Crippen MR) is 261 cm³/mol. The molecule has 9 rings (SSSR count). The smallest absolute Gasteiger partial charge is 0.227 e. The van der Waals surface area contributed by atoms with Crippen molar-refractivity contribution < 1.29 is 9.52 Å². The fourth-order valence-corrected chi connectivity index (χ4v) is 8.77. The molecule has 0 amide bonds. The van der Waals surface area contributed by atoms with Gasteiger partial charge in [0.15, 0.2) is 5.58 Å². The summed E-state index contributed by atoms with van der Waals surface area (Å²) in [5.74, 6) is 1.51. The molecule has 0 bridgehead atoms. The van der Waals surface area contributed by atoms with Crippen molar-refractivity contribution in [3.8, 4) is 67.8 Å². The molecule has 3 aromatic heterocycles. The zero-order valence-electron chi connectivity index (χ0n) is 38.3. The number of fused-ring (bicyclic) bond motifs is 2. The summed E-state index contributed by atoms with van der Waals surface area (Å²) in [4.78, 5) is 15.7. The molecule has 0 unspecified atom stereocenters. The molecule has 6 nitrogen and oxygen atoms in total. The molecule has 6 heteroatoms. The number of aromatic nitrogens is 4. The topological polar surface area (TPSA) is 77.0 Å². The number of benzene rings is 6. The van der Waals surface area contributed by atoms with Crippen molar-refractivity contribution in [2.75, 3.05) is 0 Å². The van der Waals surface area contributed by atoms with E-state index in [1.807, 2.05) is 18.3 Å². The highest BCUT2D eigenvalue weighted by Gasteiger charge is 2.30. The molecule has 0 saturated heterocycles. The highest BCUT2D eigenvalue weighted by Crippen LogP contribution is 2.46.